The lowest BCUT2D eigenvalue weighted by Crippen LogP contribution is -2.46. The SMILES string of the molecule is COCCNC(=O)C1c2ccc(OC)cc2C(=O)N(C)C1c1cc(C(F)(F)F)cc(C(F)(F)F)c1. The first-order valence-corrected chi connectivity index (χ1v) is 10.3. The Bertz CT molecular complexity index is 1080. The molecule has 190 valence electrons. The van der Waals surface area contributed by atoms with Gasteiger partial charge in [0, 0.05) is 26.3 Å². The third-order valence-electron chi connectivity index (χ3n) is 5.72. The van der Waals surface area contributed by atoms with Gasteiger partial charge in [0.2, 0.25) is 5.91 Å². The van der Waals surface area contributed by atoms with E-state index in [1.807, 2.05) is 0 Å². The maximum Gasteiger partial charge on any atom is 0.416 e. The maximum atomic E-state index is 13.5. The molecule has 0 aromatic heterocycles. The highest BCUT2D eigenvalue weighted by Gasteiger charge is 2.45. The van der Waals surface area contributed by atoms with Gasteiger partial charge in [-0.3, -0.25) is 9.59 Å². The Balaban J connectivity index is 2.24. The number of hydrogen-bond donors (Lipinski definition) is 1. The monoisotopic (exact) mass is 504 g/mol. The molecule has 3 rings (SSSR count). The molecule has 0 aliphatic carbocycles. The molecule has 0 radical (unpaired) electrons. The first-order valence-electron chi connectivity index (χ1n) is 10.3. The smallest absolute Gasteiger partial charge is 0.416 e. The number of benzene rings is 2. The molecule has 0 fully saturated rings. The van der Waals surface area contributed by atoms with Crippen LogP contribution in [0, 0.1) is 0 Å². The number of carbonyl (C=O) groups excluding carboxylic acids is 2. The van der Waals surface area contributed by atoms with Gasteiger partial charge in [-0.2, -0.15) is 26.3 Å². The number of nitrogens with one attached hydrogen (secondary N) is 1. The molecule has 0 saturated heterocycles. The third-order valence-corrected chi connectivity index (χ3v) is 5.72. The second kappa shape index (κ2) is 9.76. The van der Waals surface area contributed by atoms with Crippen molar-refractivity contribution in [3.63, 3.8) is 0 Å². The fourth-order valence-electron chi connectivity index (χ4n) is 4.07. The van der Waals surface area contributed by atoms with E-state index < -0.39 is 52.8 Å². The number of carbonyl (C=O) groups is 2. The van der Waals surface area contributed by atoms with Crippen molar-refractivity contribution in [3.05, 3.63) is 64.2 Å². The van der Waals surface area contributed by atoms with Crippen LogP contribution in [-0.2, 0) is 21.9 Å². The highest BCUT2D eigenvalue weighted by atomic mass is 19.4. The summed E-state index contributed by atoms with van der Waals surface area (Å²) in [5.41, 5.74) is -3.35. The summed E-state index contributed by atoms with van der Waals surface area (Å²) in [6, 6.07) is 3.85. The van der Waals surface area contributed by atoms with Crippen molar-refractivity contribution < 1.29 is 45.4 Å². The molecule has 35 heavy (non-hydrogen) atoms. The second-order valence-corrected chi connectivity index (χ2v) is 7.91. The minimum absolute atomic E-state index is 0.000619. The Morgan fingerprint density at radius 1 is 1.00 bits per heavy atom. The normalized spacial score (nSPS) is 18.3. The second-order valence-electron chi connectivity index (χ2n) is 7.91. The molecule has 1 aliphatic rings. The van der Waals surface area contributed by atoms with Crippen molar-refractivity contribution >= 4 is 11.8 Å². The summed E-state index contributed by atoms with van der Waals surface area (Å²) in [5.74, 6) is -2.39. The van der Waals surface area contributed by atoms with Crippen molar-refractivity contribution in [3.8, 4) is 5.75 Å². The largest absolute Gasteiger partial charge is 0.497 e. The topological polar surface area (TPSA) is 67.9 Å². The van der Waals surface area contributed by atoms with Crippen LogP contribution < -0.4 is 10.1 Å². The van der Waals surface area contributed by atoms with Crippen LogP contribution in [-0.4, -0.2) is 51.1 Å². The minimum atomic E-state index is -5.09. The summed E-state index contributed by atoms with van der Waals surface area (Å²) in [6.45, 7) is 0.160. The van der Waals surface area contributed by atoms with Crippen LogP contribution in [0.15, 0.2) is 36.4 Å². The lowest BCUT2D eigenvalue weighted by Gasteiger charge is -2.40. The van der Waals surface area contributed by atoms with Gasteiger partial charge in [-0.25, -0.2) is 0 Å². The molecular weight excluding hydrogens is 482 g/mol. The number of likely N-dealkylation sites (N-methyl/N-ethyl adjacent to an activating group) is 1. The van der Waals surface area contributed by atoms with Crippen LogP contribution in [0.2, 0.25) is 0 Å². The number of rotatable bonds is 6. The average molecular weight is 504 g/mol. The molecule has 12 heteroatoms. The van der Waals surface area contributed by atoms with Gasteiger partial charge in [0.05, 0.1) is 36.8 Å². The molecule has 0 saturated carbocycles. The standard InChI is InChI=1S/C23H22F6N2O4/c1-31-19(12-8-13(22(24,25)26)10-14(9-12)23(27,28)29)18(20(32)30-6-7-34-2)16-5-4-15(35-3)11-17(16)21(31)33/h4-5,8-11,18-19H,6-7H2,1-3H3,(H,30,32). The van der Waals surface area contributed by atoms with E-state index in [9.17, 15) is 35.9 Å². The zero-order valence-electron chi connectivity index (χ0n) is 18.9. The van der Waals surface area contributed by atoms with E-state index >= 15 is 0 Å². The van der Waals surface area contributed by atoms with Gasteiger partial charge in [0.25, 0.3) is 5.91 Å². The van der Waals surface area contributed by atoms with Crippen molar-refractivity contribution in [1.29, 1.82) is 0 Å². The number of halogens is 6. The fourth-order valence-corrected chi connectivity index (χ4v) is 4.07. The molecule has 1 N–H and O–H groups in total. The van der Waals surface area contributed by atoms with Crippen LogP contribution in [0.25, 0.3) is 0 Å². The van der Waals surface area contributed by atoms with Crippen LogP contribution >= 0.6 is 0 Å². The molecule has 1 heterocycles. The summed E-state index contributed by atoms with van der Waals surface area (Å²) in [4.78, 5) is 27.3. The highest BCUT2D eigenvalue weighted by molar-refractivity contribution is 6.01. The predicted molar refractivity (Wildman–Crippen MR) is 112 cm³/mol. The van der Waals surface area contributed by atoms with Crippen molar-refractivity contribution in [2.45, 2.75) is 24.3 Å². The number of amides is 2. The van der Waals surface area contributed by atoms with E-state index in [-0.39, 0.29) is 30.3 Å². The van der Waals surface area contributed by atoms with E-state index in [1.54, 1.807) is 0 Å². The van der Waals surface area contributed by atoms with E-state index in [0.717, 1.165) is 4.90 Å². The molecule has 2 aromatic carbocycles. The van der Waals surface area contributed by atoms with Gasteiger partial charge in [-0.1, -0.05) is 6.07 Å². The summed E-state index contributed by atoms with van der Waals surface area (Å²) in [6.07, 6.45) is -10.2. The van der Waals surface area contributed by atoms with Crippen molar-refractivity contribution in [2.75, 3.05) is 34.4 Å². The van der Waals surface area contributed by atoms with Gasteiger partial charge < -0.3 is 19.7 Å². The molecule has 6 nitrogen and oxygen atoms in total. The first-order chi connectivity index (χ1) is 16.3. The molecule has 2 amide bonds. The summed E-state index contributed by atoms with van der Waals surface area (Å²) < 4.78 is 91.0. The Morgan fingerprint density at radius 2 is 1.60 bits per heavy atom. The van der Waals surface area contributed by atoms with Gasteiger partial charge in [-0.15, -0.1) is 0 Å². The average Bonchev–Trinajstić information content (AvgIpc) is 2.79. The lowest BCUT2D eigenvalue weighted by atomic mass is 9.78. The van der Waals surface area contributed by atoms with E-state index in [0.29, 0.717) is 17.9 Å². The molecule has 1 aliphatic heterocycles. The number of alkyl halides is 6. The first kappa shape index (κ1) is 26.3. The maximum absolute atomic E-state index is 13.5. The number of hydrogen-bond acceptors (Lipinski definition) is 4. The van der Waals surface area contributed by atoms with Gasteiger partial charge in [0.1, 0.15) is 5.75 Å². The Kier molecular flexibility index (Phi) is 7.34. The number of ether oxygens (including phenoxy) is 2. The summed E-state index contributed by atoms with van der Waals surface area (Å²) in [7, 11) is 3.97. The van der Waals surface area contributed by atoms with Crippen LogP contribution in [0.1, 0.15) is 44.6 Å². The molecule has 2 aromatic rings. The van der Waals surface area contributed by atoms with E-state index in [2.05, 4.69) is 5.32 Å². The molecule has 0 bridgehead atoms. The zero-order chi connectivity index (χ0) is 26.1. The quantitative estimate of drug-likeness (QED) is 0.468. The number of methoxy groups -OCH3 is 2. The minimum Gasteiger partial charge on any atom is -0.497 e. The summed E-state index contributed by atoms with van der Waals surface area (Å²) in [5, 5.41) is 2.57. The molecule has 0 spiro atoms. The van der Waals surface area contributed by atoms with E-state index in [4.69, 9.17) is 9.47 Å². The fraction of sp³-hybridized carbons (Fsp3) is 0.391. The lowest BCUT2D eigenvalue weighted by molar-refractivity contribution is -0.143. The molecular formula is C23H22F6N2O4. The molecule has 2 atom stereocenters. The predicted octanol–water partition coefficient (Wildman–Crippen LogP) is 4.41. The Morgan fingerprint density at radius 3 is 2.11 bits per heavy atom. The van der Waals surface area contributed by atoms with Crippen LogP contribution in [0.5, 0.6) is 5.75 Å². The number of fused-ring (bicyclic) bond motifs is 1. The van der Waals surface area contributed by atoms with Gasteiger partial charge >= 0.3 is 12.4 Å². The third kappa shape index (κ3) is 5.37. The number of nitrogens with zero attached hydrogens (tertiary/aromatic N) is 1. The summed E-state index contributed by atoms with van der Waals surface area (Å²) >= 11 is 0. The Hall–Kier alpha value is -3.28. The highest BCUT2D eigenvalue weighted by Crippen LogP contribution is 2.46. The van der Waals surface area contributed by atoms with Crippen LogP contribution in [0.4, 0.5) is 26.3 Å². The Labute approximate surface area is 196 Å². The van der Waals surface area contributed by atoms with E-state index in [1.165, 1.54) is 39.5 Å². The van der Waals surface area contributed by atoms with Crippen LogP contribution in [0.3, 0.4) is 0 Å². The van der Waals surface area contributed by atoms with Crippen molar-refractivity contribution in [2.24, 2.45) is 0 Å². The zero-order valence-corrected chi connectivity index (χ0v) is 18.9. The van der Waals surface area contributed by atoms with Crippen molar-refractivity contribution in [1.82, 2.24) is 10.2 Å². The van der Waals surface area contributed by atoms with Gasteiger partial charge in [-0.05, 0) is 41.5 Å². The van der Waals surface area contributed by atoms with Gasteiger partial charge in [0.15, 0.2) is 0 Å². The molecule has 2 unspecified atom stereocenters.